The van der Waals surface area contributed by atoms with Crippen LogP contribution in [0.4, 0.5) is 0 Å². The zero-order valence-electron chi connectivity index (χ0n) is 13.4. The zero-order chi connectivity index (χ0) is 16.3. The molecule has 1 aliphatic carbocycles. The molecule has 1 saturated carbocycles. The molecule has 0 aliphatic heterocycles. The molecule has 1 amide bonds. The van der Waals surface area contributed by atoms with Crippen molar-refractivity contribution in [1.82, 2.24) is 10.5 Å². The van der Waals surface area contributed by atoms with E-state index >= 15 is 0 Å². The topological polar surface area (TPSA) is 89.3 Å². The van der Waals surface area contributed by atoms with E-state index in [-0.39, 0.29) is 11.8 Å². The Hall–Kier alpha value is -1.37. The van der Waals surface area contributed by atoms with Crippen molar-refractivity contribution in [2.45, 2.75) is 69.9 Å². The van der Waals surface area contributed by atoms with Crippen LogP contribution in [0.1, 0.15) is 56.0 Å². The Morgan fingerprint density at radius 1 is 1.32 bits per heavy atom. The molecule has 0 aromatic carbocycles. The van der Waals surface area contributed by atoms with Gasteiger partial charge in [0.1, 0.15) is 11.0 Å². The van der Waals surface area contributed by atoms with Gasteiger partial charge in [-0.2, -0.15) is 0 Å². The average molecular weight is 328 g/mol. The highest BCUT2D eigenvalue weighted by Crippen LogP contribution is 2.20. The molecule has 2 rings (SSSR count). The summed E-state index contributed by atoms with van der Waals surface area (Å²) in [4.78, 5) is 12.2. The minimum Gasteiger partial charge on any atom is -0.361 e. The van der Waals surface area contributed by atoms with E-state index in [1.54, 1.807) is 13.8 Å². The number of nitrogens with one attached hydrogen (secondary N) is 1. The van der Waals surface area contributed by atoms with Gasteiger partial charge in [-0.3, -0.25) is 4.79 Å². The molecule has 0 radical (unpaired) electrons. The largest absolute Gasteiger partial charge is 0.361 e. The van der Waals surface area contributed by atoms with Crippen LogP contribution in [0.15, 0.2) is 4.52 Å². The van der Waals surface area contributed by atoms with E-state index in [1.807, 2.05) is 0 Å². The molecule has 0 bridgehead atoms. The van der Waals surface area contributed by atoms with Gasteiger partial charge in [0.05, 0.1) is 11.4 Å². The molecule has 0 unspecified atom stereocenters. The van der Waals surface area contributed by atoms with Crippen LogP contribution < -0.4 is 5.32 Å². The first kappa shape index (κ1) is 17.0. The SMILES string of the molecule is Cc1noc(C)c1CS(=O)(=O)[C@@H](C)C(=O)NC1CCCCC1. The van der Waals surface area contributed by atoms with E-state index in [9.17, 15) is 13.2 Å². The molecule has 1 heterocycles. The summed E-state index contributed by atoms with van der Waals surface area (Å²) in [5.41, 5.74) is 1.11. The van der Waals surface area contributed by atoms with Gasteiger partial charge in [0.15, 0.2) is 9.84 Å². The molecule has 7 heteroatoms. The lowest BCUT2D eigenvalue weighted by molar-refractivity contribution is -0.121. The number of hydrogen-bond donors (Lipinski definition) is 1. The highest BCUT2D eigenvalue weighted by atomic mass is 32.2. The van der Waals surface area contributed by atoms with E-state index < -0.39 is 21.0 Å². The lowest BCUT2D eigenvalue weighted by Gasteiger charge is -2.24. The lowest BCUT2D eigenvalue weighted by Crippen LogP contribution is -2.44. The molecule has 22 heavy (non-hydrogen) atoms. The molecule has 1 atom stereocenters. The molecule has 1 N–H and O–H groups in total. The van der Waals surface area contributed by atoms with Gasteiger partial charge in [0, 0.05) is 11.6 Å². The Balaban J connectivity index is 2.03. The van der Waals surface area contributed by atoms with Crippen molar-refractivity contribution in [2.24, 2.45) is 0 Å². The standard InChI is InChI=1S/C15H24N2O4S/c1-10-14(11(2)21-17-10)9-22(19,20)12(3)15(18)16-13-7-5-4-6-8-13/h12-13H,4-9H2,1-3H3,(H,16,18)/t12-/m0/s1. The summed E-state index contributed by atoms with van der Waals surface area (Å²) in [6.45, 7) is 4.83. The van der Waals surface area contributed by atoms with E-state index in [1.165, 1.54) is 13.3 Å². The molecule has 0 spiro atoms. The number of rotatable bonds is 5. The molecule has 1 aromatic rings. The summed E-state index contributed by atoms with van der Waals surface area (Å²) in [5, 5.41) is 5.57. The van der Waals surface area contributed by atoms with Gasteiger partial charge in [-0.15, -0.1) is 0 Å². The summed E-state index contributed by atoms with van der Waals surface area (Å²) in [5.74, 6) is -0.132. The number of aromatic nitrogens is 1. The molecular formula is C15H24N2O4S. The van der Waals surface area contributed by atoms with Crippen LogP contribution in [-0.2, 0) is 20.4 Å². The molecule has 1 aromatic heterocycles. The second kappa shape index (κ2) is 6.81. The minimum atomic E-state index is -3.59. The smallest absolute Gasteiger partial charge is 0.238 e. The van der Waals surface area contributed by atoms with Gasteiger partial charge in [-0.25, -0.2) is 8.42 Å². The van der Waals surface area contributed by atoms with Crippen LogP contribution in [0.2, 0.25) is 0 Å². The second-order valence-electron chi connectivity index (χ2n) is 6.10. The first-order valence-corrected chi connectivity index (χ1v) is 9.46. The third-order valence-corrected chi connectivity index (χ3v) is 6.37. The monoisotopic (exact) mass is 328 g/mol. The predicted molar refractivity (Wildman–Crippen MR) is 83.1 cm³/mol. The van der Waals surface area contributed by atoms with E-state index in [0.717, 1.165) is 25.7 Å². The van der Waals surface area contributed by atoms with Crippen LogP contribution in [-0.4, -0.2) is 30.8 Å². The number of carbonyl (C=O) groups is 1. The second-order valence-corrected chi connectivity index (χ2v) is 8.42. The molecule has 1 fully saturated rings. The van der Waals surface area contributed by atoms with Crippen molar-refractivity contribution < 1.29 is 17.7 Å². The van der Waals surface area contributed by atoms with E-state index in [2.05, 4.69) is 10.5 Å². The van der Waals surface area contributed by atoms with Gasteiger partial charge in [-0.1, -0.05) is 24.4 Å². The van der Waals surface area contributed by atoms with Crippen LogP contribution in [0.25, 0.3) is 0 Å². The highest BCUT2D eigenvalue weighted by molar-refractivity contribution is 7.92. The molecular weight excluding hydrogens is 304 g/mol. The van der Waals surface area contributed by atoms with Gasteiger partial charge >= 0.3 is 0 Å². The summed E-state index contributed by atoms with van der Waals surface area (Å²) in [7, 11) is -3.59. The molecule has 0 saturated heterocycles. The predicted octanol–water partition coefficient (Wildman–Crippen LogP) is 2.04. The summed E-state index contributed by atoms with van der Waals surface area (Å²) in [6, 6.07) is 0.109. The maximum atomic E-state index is 12.5. The Morgan fingerprint density at radius 3 is 2.50 bits per heavy atom. The normalized spacial score (nSPS) is 18.1. The van der Waals surface area contributed by atoms with Crippen molar-refractivity contribution in [3.8, 4) is 0 Å². The number of aryl methyl sites for hydroxylation is 2. The Labute approximate surface area is 131 Å². The summed E-state index contributed by atoms with van der Waals surface area (Å²) >= 11 is 0. The third-order valence-electron chi connectivity index (χ3n) is 4.39. The number of nitrogens with zero attached hydrogens (tertiary/aromatic N) is 1. The average Bonchev–Trinajstić information content (AvgIpc) is 2.79. The van der Waals surface area contributed by atoms with Gasteiger partial charge in [0.25, 0.3) is 0 Å². The van der Waals surface area contributed by atoms with E-state index in [0.29, 0.717) is 17.0 Å². The Morgan fingerprint density at radius 2 is 1.95 bits per heavy atom. The van der Waals surface area contributed by atoms with Crippen molar-refractivity contribution in [2.75, 3.05) is 0 Å². The summed E-state index contributed by atoms with van der Waals surface area (Å²) < 4.78 is 29.9. The van der Waals surface area contributed by atoms with Crippen molar-refractivity contribution >= 4 is 15.7 Å². The highest BCUT2D eigenvalue weighted by Gasteiger charge is 2.31. The number of sulfone groups is 1. The van der Waals surface area contributed by atoms with Gasteiger partial charge in [0.2, 0.25) is 5.91 Å². The number of carbonyl (C=O) groups excluding carboxylic acids is 1. The fraction of sp³-hybridized carbons (Fsp3) is 0.733. The van der Waals surface area contributed by atoms with Crippen LogP contribution in [0.5, 0.6) is 0 Å². The van der Waals surface area contributed by atoms with Gasteiger partial charge < -0.3 is 9.84 Å². The van der Waals surface area contributed by atoms with Gasteiger partial charge in [-0.05, 0) is 33.6 Å². The first-order valence-electron chi connectivity index (χ1n) is 7.75. The molecule has 1 aliphatic rings. The maximum absolute atomic E-state index is 12.5. The Bertz CT molecular complexity index is 610. The Kier molecular flexibility index (Phi) is 5.26. The maximum Gasteiger partial charge on any atom is 0.238 e. The third kappa shape index (κ3) is 3.88. The fourth-order valence-corrected chi connectivity index (χ4v) is 4.22. The quantitative estimate of drug-likeness (QED) is 0.893. The number of hydrogen-bond acceptors (Lipinski definition) is 5. The van der Waals surface area contributed by atoms with E-state index in [4.69, 9.17) is 4.52 Å². The van der Waals surface area contributed by atoms with Crippen molar-refractivity contribution in [3.05, 3.63) is 17.0 Å². The van der Waals surface area contributed by atoms with Crippen molar-refractivity contribution in [3.63, 3.8) is 0 Å². The summed E-state index contributed by atoms with van der Waals surface area (Å²) in [6.07, 6.45) is 5.23. The molecule has 6 nitrogen and oxygen atoms in total. The minimum absolute atomic E-state index is 0.109. The lowest BCUT2D eigenvalue weighted by atomic mass is 9.95. The first-order chi connectivity index (χ1) is 10.3. The van der Waals surface area contributed by atoms with Crippen LogP contribution >= 0.6 is 0 Å². The number of amides is 1. The van der Waals surface area contributed by atoms with Crippen LogP contribution in [0, 0.1) is 13.8 Å². The zero-order valence-corrected chi connectivity index (χ0v) is 14.2. The fourth-order valence-electron chi connectivity index (χ4n) is 2.76. The van der Waals surface area contributed by atoms with Crippen molar-refractivity contribution in [1.29, 1.82) is 0 Å². The molecule has 124 valence electrons. The van der Waals surface area contributed by atoms with Crippen LogP contribution in [0.3, 0.4) is 0 Å².